The highest BCUT2D eigenvalue weighted by Gasteiger charge is 2.31. The highest BCUT2D eigenvalue weighted by molar-refractivity contribution is 5.13. The molecule has 1 heterocycles. The van der Waals surface area contributed by atoms with E-state index in [0.29, 0.717) is 11.3 Å². The molecule has 1 aromatic heterocycles. The minimum absolute atomic E-state index is 0.245. The Kier molecular flexibility index (Phi) is 3.36. The predicted octanol–water partition coefficient (Wildman–Crippen LogP) is 3.00. The molecule has 1 atom stereocenters. The molecular formula is C13H22N2O. The van der Waals surface area contributed by atoms with Crippen LogP contribution in [0.5, 0.6) is 0 Å². The lowest BCUT2D eigenvalue weighted by molar-refractivity contribution is 0.161. The van der Waals surface area contributed by atoms with Crippen molar-refractivity contribution >= 4 is 0 Å². The summed E-state index contributed by atoms with van der Waals surface area (Å²) < 4.78 is 5.13. The summed E-state index contributed by atoms with van der Waals surface area (Å²) in [4.78, 5) is 0. The number of furan rings is 1. The molecular weight excluding hydrogens is 200 g/mol. The standard InChI is InChI=1S/C13H22N2O/c1-13(2)6-3-10(4-7-13)12(15-14)11-5-8-16-9-11/h5,8-10,12,15H,3-4,6-7,14H2,1-2H3. The van der Waals surface area contributed by atoms with Crippen LogP contribution in [0.15, 0.2) is 23.0 Å². The number of hydrazine groups is 1. The summed E-state index contributed by atoms with van der Waals surface area (Å²) in [6.45, 7) is 4.71. The van der Waals surface area contributed by atoms with Crippen molar-refractivity contribution in [3.8, 4) is 0 Å². The molecule has 0 radical (unpaired) electrons. The summed E-state index contributed by atoms with van der Waals surface area (Å²) in [7, 11) is 0. The molecule has 1 unspecified atom stereocenters. The van der Waals surface area contributed by atoms with Crippen molar-refractivity contribution in [1.82, 2.24) is 5.43 Å². The molecule has 0 spiro atoms. The number of hydrogen-bond acceptors (Lipinski definition) is 3. The van der Waals surface area contributed by atoms with Crippen LogP contribution in [0, 0.1) is 11.3 Å². The predicted molar refractivity (Wildman–Crippen MR) is 64.5 cm³/mol. The molecule has 3 nitrogen and oxygen atoms in total. The lowest BCUT2D eigenvalue weighted by Gasteiger charge is -2.37. The van der Waals surface area contributed by atoms with E-state index in [0.717, 1.165) is 0 Å². The van der Waals surface area contributed by atoms with Gasteiger partial charge in [0.1, 0.15) is 0 Å². The van der Waals surface area contributed by atoms with Gasteiger partial charge in [0.15, 0.2) is 0 Å². The minimum atomic E-state index is 0.245. The van der Waals surface area contributed by atoms with Crippen LogP contribution in [-0.2, 0) is 0 Å². The van der Waals surface area contributed by atoms with Gasteiger partial charge in [-0.15, -0.1) is 0 Å². The molecule has 2 rings (SSSR count). The van der Waals surface area contributed by atoms with E-state index in [9.17, 15) is 0 Å². The average molecular weight is 222 g/mol. The third-order valence-corrected chi connectivity index (χ3v) is 3.94. The summed E-state index contributed by atoms with van der Waals surface area (Å²) in [5, 5.41) is 0. The zero-order valence-electron chi connectivity index (χ0n) is 10.2. The Morgan fingerprint density at radius 1 is 1.44 bits per heavy atom. The van der Waals surface area contributed by atoms with E-state index in [-0.39, 0.29) is 6.04 Å². The third kappa shape index (κ3) is 2.47. The van der Waals surface area contributed by atoms with Crippen molar-refractivity contribution in [2.75, 3.05) is 0 Å². The summed E-state index contributed by atoms with van der Waals surface area (Å²) in [6, 6.07) is 2.25. The van der Waals surface area contributed by atoms with Crippen LogP contribution in [-0.4, -0.2) is 0 Å². The van der Waals surface area contributed by atoms with Crippen LogP contribution in [0.25, 0.3) is 0 Å². The second-order valence-corrected chi connectivity index (χ2v) is 5.70. The fraction of sp³-hybridized carbons (Fsp3) is 0.692. The van der Waals surface area contributed by atoms with Gasteiger partial charge >= 0.3 is 0 Å². The Bertz CT molecular complexity index is 309. The maximum absolute atomic E-state index is 5.67. The first-order chi connectivity index (χ1) is 7.62. The summed E-state index contributed by atoms with van der Waals surface area (Å²) in [6.07, 6.45) is 8.57. The normalized spacial score (nSPS) is 23.2. The van der Waals surface area contributed by atoms with E-state index in [1.807, 2.05) is 6.07 Å². The van der Waals surface area contributed by atoms with Gasteiger partial charge in [-0.2, -0.15) is 0 Å². The second-order valence-electron chi connectivity index (χ2n) is 5.70. The van der Waals surface area contributed by atoms with Crippen molar-refractivity contribution in [2.45, 2.75) is 45.6 Å². The van der Waals surface area contributed by atoms with Gasteiger partial charge in [-0.25, -0.2) is 0 Å². The lowest BCUT2D eigenvalue weighted by atomic mass is 9.70. The minimum Gasteiger partial charge on any atom is -0.472 e. The molecule has 0 amide bonds. The highest BCUT2D eigenvalue weighted by atomic mass is 16.3. The number of rotatable bonds is 3. The third-order valence-electron chi connectivity index (χ3n) is 3.94. The van der Waals surface area contributed by atoms with Crippen LogP contribution in [0.4, 0.5) is 0 Å². The SMILES string of the molecule is CC1(C)CCC(C(NN)c2ccoc2)CC1. The monoisotopic (exact) mass is 222 g/mol. The second kappa shape index (κ2) is 4.60. The van der Waals surface area contributed by atoms with Crippen molar-refractivity contribution in [3.05, 3.63) is 24.2 Å². The molecule has 1 aromatic rings. The molecule has 1 saturated carbocycles. The topological polar surface area (TPSA) is 51.2 Å². The van der Waals surface area contributed by atoms with E-state index < -0.39 is 0 Å². The van der Waals surface area contributed by atoms with Crippen LogP contribution >= 0.6 is 0 Å². The van der Waals surface area contributed by atoms with Gasteiger partial charge in [-0.1, -0.05) is 13.8 Å². The zero-order chi connectivity index (χ0) is 11.6. The summed E-state index contributed by atoms with van der Waals surface area (Å²) >= 11 is 0. The van der Waals surface area contributed by atoms with Gasteiger partial charge in [0.25, 0.3) is 0 Å². The van der Waals surface area contributed by atoms with E-state index in [1.54, 1.807) is 12.5 Å². The number of nitrogens with two attached hydrogens (primary N) is 1. The molecule has 0 bridgehead atoms. The van der Waals surface area contributed by atoms with Crippen LogP contribution in [0.1, 0.15) is 51.1 Å². The first kappa shape index (κ1) is 11.7. The largest absolute Gasteiger partial charge is 0.472 e. The van der Waals surface area contributed by atoms with E-state index >= 15 is 0 Å². The van der Waals surface area contributed by atoms with Gasteiger partial charge in [-0.3, -0.25) is 11.3 Å². The average Bonchev–Trinajstić information content (AvgIpc) is 2.75. The highest BCUT2D eigenvalue weighted by Crippen LogP contribution is 2.42. The van der Waals surface area contributed by atoms with Crippen molar-refractivity contribution < 1.29 is 4.42 Å². The Morgan fingerprint density at radius 3 is 2.62 bits per heavy atom. The molecule has 16 heavy (non-hydrogen) atoms. The molecule has 0 aliphatic heterocycles. The van der Waals surface area contributed by atoms with Crippen LogP contribution in [0.2, 0.25) is 0 Å². The first-order valence-electron chi connectivity index (χ1n) is 6.11. The lowest BCUT2D eigenvalue weighted by Crippen LogP contribution is -2.36. The quantitative estimate of drug-likeness (QED) is 0.610. The summed E-state index contributed by atoms with van der Waals surface area (Å²) in [5.74, 6) is 6.31. The number of nitrogens with one attached hydrogen (secondary N) is 1. The molecule has 1 aliphatic rings. The molecule has 1 fully saturated rings. The Labute approximate surface area is 97.4 Å². The van der Waals surface area contributed by atoms with Gasteiger partial charge < -0.3 is 4.42 Å². The Balaban J connectivity index is 2.02. The first-order valence-corrected chi connectivity index (χ1v) is 6.11. The molecule has 3 heteroatoms. The maximum Gasteiger partial charge on any atom is 0.0950 e. The molecule has 3 N–H and O–H groups in total. The fourth-order valence-corrected chi connectivity index (χ4v) is 2.71. The fourth-order valence-electron chi connectivity index (χ4n) is 2.71. The Hall–Kier alpha value is -0.800. The van der Waals surface area contributed by atoms with E-state index in [1.165, 1.54) is 31.2 Å². The van der Waals surface area contributed by atoms with Gasteiger partial charge in [0.05, 0.1) is 18.6 Å². The van der Waals surface area contributed by atoms with Crippen molar-refractivity contribution in [3.63, 3.8) is 0 Å². The molecule has 90 valence electrons. The smallest absolute Gasteiger partial charge is 0.0950 e. The van der Waals surface area contributed by atoms with Crippen LogP contribution in [0.3, 0.4) is 0 Å². The molecule has 0 aromatic carbocycles. The van der Waals surface area contributed by atoms with E-state index in [2.05, 4.69) is 19.3 Å². The van der Waals surface area contributed by atoms with Gasteiger partial charge in [-0.05, 0) is 43.1 Å². The van der Waals surface area contributed by atoms with Crippen molar-refractivity contribution in [2.24, 2.45) is 17.2 Å². The number of hydrogen-bond donors (Lipinski definition) is 2. The van der Waals surface area contributed by atoms with Gasteiger partial charge in [0, 0.05) is 5.56 Å². The summed E-state index contributed by atoms with van der Waals surface area (Å²) in [5.41, 5.74) is 4.62. The Morgan fingerprint density at radius 2 is 2.12 bits per heavy atom. The van der Waals surface area contributed by atoms with E-state index in [4.69, 9.17) is 10.3 Å². The molecule has 0 saturated heterocycles. The van der Waals surface area contributed by atoms with Crippen LogP contribution < -0.4 is 11.3 Å². The zero-order valence-corrected chi connectivity index (χ0v) is 10.2. The van der Waals surface area contributed by atoms with Gasteiger partial charge in [0.2, 0.25) is 0 Å². The molecule has 1 aliphatic carbocycles. The van der Waals surface area contributed by atoms with Crippen molar-refractivity contribution in [1.29, 1.82) is 0 Å². The maximum atomic E-state index is 5.67.